The molecule has 1 fully saturated rings. The van der Waals surface area contributed by atoms with E-state index in [2.05, 4.69) is 0 Å². The van der Waals surface area contributed by atoms with E-state index in [1.165, 1.54) is 6.92 Å². The summed E-state index contributed by atoms with van der Waals surface area (Å²) in [6.45, 7) is 2.04. The minimum absolute atomic E-state index is 0.0414. The molecule has 0 radical (unpaired) electrons. The van der Waals surface area contributed by atoms with Crippen LogP contribution in [0.2, 0.25) is 0 Å². The van der Waals surface area contributed by atoms with Gasteiger partial charge in [-0.1, -0.05) is 0 Å². The summed E-state index contributed by atoms with van der Waals surface area (Å²) in [7, 11) is 0. The summed E-state index contributed by atoms with van der Waals surface area (Å²) in [5, 5.41) is 0. The Morgan fingerprint density at radius 3 is 2.78 bits per heavy atom. The third-order valence-electron chi connectivity index (χ3n) is 1.61. The molecule has 1 aliphatic rings. The number of carbonyl (C=O) groups excluding carboxylic acids is 1. The van der Waals surface area contributed by atoms with Crippen molar-refractivity contribution in [1.82, 2.24) is 4.90 Å². The minimum atomic E-state index is -0.272. The van der Waals surface area contributed by atoms with Crippen LogP contribution in [0.15, 0.2) is 0 Å². The summed E-state index contributed by atoms with van der Waals surface area (Å²) in [5.74, 6) is 0.0414. The smallest absolute Gasteiger partial charge is 0.219 e. The average Bonchev–Trinajstić information content (AvgIpc) is 1.88. The predicted molar refractivity (Wildman–Crippen MR) is 36.1 cm³/mol. The molecule has 0 saturated carbocycles. The zero-order valence-corrected chi connectivity index (χ0v) is 5.76. The van der Waals surface area contributed by atoms with Crippen LogP contribution < -0.4 is 0 Å². The largest absolute Gasteiger partial charge is 0.343 e. The van der Waals surface area contributed by atoms with E-state index in [9.17, 15) is 4.79 Å². The standard InChI is InChI=1S/C7H13NO/c1-7(9)8-5-3-2-4-6-8/h2-6H2,1H3/i5D. The molecule has 2 heteroatoms. The molecule has 9 heavy (non-hydrogen) atoms. The Hall–Kier alpha value is -0.530. The Bertz CT molecular complexity index is 138. The maximum atomic E-state index is 10.8. The van der Waals surface area contributed by atoms with Gasteiger partial charge in [0.25, 0.3) is 0 Å². The topological polar surface area (TPSA) is 20.3 Å². The average molecular weight is 128 g/mol. The number of likely N-dealkylation sites (tertiary alicyclic amines) is 1. The second-order valence-electron chi connectivity index (χ2n) is 2.39. The van der Waals surface area contributed by atoms with Crippen LogP contribution in [0, 0.1) is 0 Å². The Morgan fingerprint density at radius 2 is 2.33 bits per heavy atom. The quantitative estimate of drug-likeness (QED) is 0.477. The van der Waals surface area contributed by atoms with Crippen molar-refractivity contribution in [3.63, 3.8) is 0 Å². The van der Waals surface area contributed by atoms with Crippen LogP contribution in [0.4, 0.5) is 0 Å². The Balaban J connectivity index is 2.47. The van der Waals surface area contributed by atoms with Gasteiger partial charge in [-0.25, -0.2) is 0 Å². The van der Waals surface area contributed by atoms with Gasteiger partial charge in [-0.3, -0.25) is 4.79 Å². The molecule has 0 aromatic rings. The highest BCUT2D eigenvalue weighted by atomic mass is 16.2. The third kappa shape index (κ3) is 1.70. The highest BCUT2D eigenvalue weighted by Gasteiger charge is 2.10. The maximum absolute atomic E-state index is 10.8. The van der Waals surface area contributed by atoms with Crippen LogP contribution in [0.5, 0.6) is 0 Å². The van der Waals surface area contributed by atoms with E-state index in [-0.39, 0.29) is 12.4 Å². The summed E-state index contributed by atoms with van der Waals surface area (Å²) in [5.41, 5.74) is 0. The number of carbonyl (C=O) groups is 1. The van der Waals surface area contributed by atoms with Gasteiger partial charge in [-0.15, -0.1) is 0 Å². The summed E-state index contributed by atoms with van der Waals surface area (Å²) < 4.78 is 7.46. The number of piperidine rings is 1. The first-order chi connectivity index (χ1) is 4.72. The van der Waals surface area contributed by atoms with Crippen molar-refractivity contribution >= 4 is 5.91 Å². The van der Waals surface area contributed by atoms with Gasteiger partial charge in [0.15, 0.2) is 0 Å². The number of amides is 1. The fourth-order valence-electron chi connectivity index (χ4n) is 1.05. The van der Waals surface area contributed by atoms with Crippen molar-refractivity contribution in [2.24, 2.45) is 0 Å². The van der Waals surface area contributed by atoms with Crippen LogP contribution in [-0.4, -0.2) is 23.9 Å². The zero-order chi connectivity index (χ0) is 7.56. The Kier molecular flexibility index (Phi) is 1.67. The van der Waals surface area contributed by atoms with E-state index >= 15 is 0 Å². The molecule has 1 aliphatic heterocycles. The van der Waals surface area contributed by atoms with Crippen LogP contribution in [0.3, 0.4) is 0 Å². The first-order valence-corrected chi connectivity index (χ1v) is 3.41. The zero-order valence-electron chi connectivity index (χ0n) is 6.76. The molecular weight excluding hydrogens is 114 g/mol. The number of rotatable bonds is 0. The van der Waals surface area contributed by atoms with Gasteiger partial charge >= 0.3 is 0 Å². The highest BCUT2D eigenvalue weighted by Crippen LogP contribution is 2.07. The molecule has 0 aromatic carbocycles. The van der Waals surface area contributed by atoms with Crippen molar-refractivity contribution in [2.75, 3.05) is 13.1 Å². The second kappa shape index (κ2) is 2.85. The second-order valence-corrected chi connectivity index (χ2v) is 2.39. The lowest BCUT2D eigenvalue weighted by atomic mass is 10.1. The van der Waals surface area contributed by atoms with E-state index in [1.54, 1.807) is 4.90 Å². The van der Waals surface area contributed by atoms with Gasteiger partial charge in [0.1, 0.15) is 0 Å². The first kappa shape index (κ1) is 5.27. The van der Waals surface area contributed by atoms with Crippen molar-refractivity contribution in [2.45, 2.75) is 26.2 Å². The van der Waals surface area contributed by atoms with E-state index in [0.29, 0.717) is 0 Å². The van der Waals surface area contributed by atoms with Crippen molar-refractivity contribution in [3.8, 4) is 0 Å². The van der Waals surface area contributed by atoms with Crippen LogP contribution in [-0.2, 0) is 4.79 Å². The van der Waals surface area contributed by atoms with E-state index in [0.717, 1.165) is 25.8 Å². The lowest BCUT2D eigenvalue weighted by molar-refractivity contribution is -0.129. The van der Waals surface area contributed by atoms with Gasteiger partial charge in [-0.05, 0) is 19.3 Å². The fraction of sp³-hybridized carbons (Fsp3) is 0.857. The minimum Gasteiger partial charge on any atom is -0.343 e. The van der Waals surface area contributed by atoms with Gasteiger partial charge in [0.2, 0.25) is 5.91 Å². The molecule has 0 aromatic heterocycles. The molecule has 1 rings (SSSR count). The van der Waals surface area contributed by atoms with Crippen LogP contribution >= 0.6 is 0 Å². The number of hydrogen-bond acceptors (Lipinski definition) is 1. The van der Waals surface area contributed by atoms with Gasteiger partial charge < -0.3 is 4.90 Å². The molecule has 0 spiro atoms. The maximum Gasteiger partial charge on any atom is 0.219 e. The van der Waals surface area contributed by atoms with Crippen LogP contribution in [0.25, 0.3) is 0 Å². The van der Waals surface area contributed by atoms with Crippen LogP contribution in [0.1, 0.15) is 27.6 Å². The molecule has 1 saturated heterocycles. The molecule has 1 atom stereocenters. The fourth-order valence-corrected chi connectivity index (χ4v) is 1.05. The van der Waals surface area contributed by atoms with Crippen molar-refractivity contribution in [3.05, 3.63) is 0 Å². The molecule has 52 valence electrons. The molecule has 0 N–H and O–H groups in total. The SMILES string of the molecule is [2H]C1CCCCN1C(C)=O. The summed E-state index contributed by atoms with van der Waals surface area (Å²) >= 11 is 0. The van der Waals surface area contributed by atoms with Crippen molar-refractivity contribution < 1.29 is 6.17 Å². The molecule has 1 amide bonds. The lowest BCUT2D eigenvalue weighted by Gasteiger charge is -2.24. The highest BCUT2D eigenvalue weighted by molar-refractivity contribution is 5.73. The van der Waals surface area contributed by atoms with Gasteiger partial charge in [0.05, 0.1) is 0 Å². The Labute approximate surface area is 57.2 Å². The van der Waals surface area contributed by atoms with E-state index in [4.69, 9.17) is 1.37 Å². The van der Waals surface area contributed by atoms with E-state index < -0.39 is 0 Å². The summed E-state index contributed by atoms with van der Waals surface area (Å²) in [6, 6.07) is 0. The Morgan fingerprint density at radius 1 is 1.56 bits per heavy atom. The summed E-state index contributed by atoms with van der Waals surface area (Å²) in [6.07, 6.45) is 3.01. The third-order valence-corrected chi connectivity index (χ3v) is 1.61. The van der Waals surface area contributed by atoms with Gasteiger partial charge in [-0.2, -0.15) is 0 Å². The molecule has 0 aliphatic carbocycles. The van der Waals surface area contributed by atoms with E-state index in [1.807, 2.05) is 0 Å². The first-order valence-electron chi connectivity index (χ1n) is 3.99. The normalized spacial score (nSPS) is 29.7. The number of hydrogen-bond donors (Lipinski definition) is 0. The molecule has 2 nitrogen and oxygen atoms in total. The van der Waals surface area contributed by atoms with Crippen molar-refractivity contribution in [1.29, 1.82) is 0 Å². The number of nitrogens with zero attached hydrogens (tertiary/aromatic N) is 1. The lowest BCUT2D eigenvalue weighted by Crippen LogP contribution is -2.33. The monoisotopic (exact) mass is 128 g/mol. The molecule has 0 bridgehead atoms. The van der Waals surface area contributed by atoms with Gasteiger partial charge in [0, 0.05) is 21.4 Å². The molecule has 1 unspecified atom stereocenters. The molecule has 1 heterocycles. The summed E-state index contributed by atoms with van der Waals surface area (Å²) in [4.78, 5) is 12.4. The predicted octanol–water partition coefficient (Wildman–Crippen LogP) is 1.02. The molecular formula is C7H13NO.